The fourth-order valence-corrected chi connectivity index (χ4v) is 3.27. The molecule has 1 aliphatic carbocycles. The molecule has 1 heterocycles. The number of hydrogen-bond acceptors (Lipinski definition) is 2. The fourth-order valence-electron chi connectivity index (χ4n) is 1.46. The van der Waals surface area contributed by atoms with Gasteiger partial charge in [-0.3, -0.25) is 4.79 Å². The normalized spacial score (nSPS) is 16.3. The first-order valence-electron chi connectivity index (χ1n) is 3.70. The van der Waals surface area contributed by atoms with Gasteiger partial charge in [0, 0.05) is 6.42 Å². The molecule has 12 heavy (non-hydrogen) atoms. The second-order valence-corrected chi connectivity index (χ2v) is 5.00. The van der Waals surface area contributed by atoms with Crippen molar-refractivity contribution in [3.05, 3.63) is 19.8 Å². The van der Waals surface area contributed by atoms with Crippen LogP contribution < -0.4 is 0 Å². The molecule has 0 N–H and O–H groups in total. The largest absolute Gasteiger partial charge is 0.294 e. The number of thiophene rings is 1. The minimum absolute atomic E-state index is 0.143. The summed E-state index contributed by atoms with van der Waals surface area (Å²) in [5.41, 5.74) is 1.64. The number of ketones is 1. The molecule has 64 valence electrons. The Morgan fingerprint density at radius 1 is 1.17 bits per heavy atom. The predicted octanol–water partition coefficient (Wildman–Crippen LogP) is 3.57. The Kier molecular flexibility index (Phi) is 2.15. The summed E-state index contributed by atoms with van der Waals surface area (Å²) >= 11 is 13.1. The monoisotopic (exact) mass is 220 g/mol. The summed E-state index contributed by atoms with van der Waals surface area (Å²) in [7, 11) is 0. The van der Waals surface area contributed by atoms with E-state index in [9.17, 15) is 4.79 Å². The number of Topliss-reactive ketones (excluding diaryl/α,β-unsaturated/α-hetero) is 1. The van der Waals surface area contributed by atoms with E-state index in [2.05, 4.69) is 0 Å². The lowest BCUT2D eigenvalue weighted by molar-refractivity contribution is 0.0973. The third kappa shape index (κ3) is 1.18. The van der Waals surface area contributed by atoms with E-state index < -0.39 is 0 Å². The Labute approximate surface area is 84.3 Å². The Bertz CT molecular complexity index is 343. The number of halogens is 2. The van der Waals surface area contributed by atoms with Gasteiger partial charge in [0.05, 0.1) is 9.90 Å². The van der Waals surface area contributed by atoms with Crippen molar-refractivity contribution in [2.75, 3.05) is 0 Å². The Hall–Kier alpha value is -0.0500. The molecule has 0 aromatic carbocycles. The molecule has 0 aliphatic heterocycles. The molecule has 4 heteroatoms. The summed E-state index contributed by atoms with van der Waals surface area (Å²) in [6, 6.07) is 0. The van der Waals surface area contributed by atoms with Crippen molar-refractivity contribution < 1.29 is 4.79 Å². The lowest BCUT2D eigenvalue weighted by Crippen LogP contribution is -2.08. The van der Waals surface area contributed by atoms with Crippen molar-refractivity contribution in [1.29, 1.82) is 0 Å². The predicted molar refractivity (Wildman–Crippen MR) is 51.6 cm³/mol. The Balaban J connectivity index is 2.62. The first-order chi connectivity index (χ1) is 5.70. The van der Waals surface area contributed by atoms with Gasteiger partial charge in [-0.1, -0.05) is 23.2 Å². The smallest absolute Gasteiger partial charge is 0.165 e. The standard InChI is InChI=1S/C8H6Cl2OS/c9-7-4-2-1-3-5(11)6(4)8(10)12-7/h1-3H2. The van der Waals surface area contributed by atoms with Crippen LogP contribution in [0.15, 0.2) is 0 Å². The summed E-state index contributed by atoms with van der Waals surface area (Å²) in [6.07, 6.45) is 2.40. The molecule has 0 spiro atoms. The minimum atomic E-state index is 0.143. The van der Waals surface area contributed by atoms with Gasteiger partial charge in [-0.15, -0.1) is 11.3 Å². The van der Waals surface area contributed by atoms with Crippen LogP contribution in [0.25, 0.3) is 0 Å². The van der Waals surface area contributed by atoms with Crippen LogP contribution in [-0.2, 0) is 6.42 Å². The van der Waals surface area contributed by atoms with Gasteiger partial charge < -0.3 is 0 Å². The van der Waals surface area contributed by atoms with E-state index >= 15 is 0 Å². The fraction of sp³-hybridized carbons (Fsp3) is 0.375. The van der Waals surface area contributed by atoms with Crippen LogP contribution in [0.2, 0.25) is 8.67 Å². The van der Waals surface area contributed by atoms with Crippen LogP contribution in [0.1, 0.15) is 28.8 Å². The zero-order valence-electron chi connectivity index (χ0n) is 6.19. The van der Waals surface area contributed by atoms with Crippen LogP contribution in [-0.4, -0.2) is 5.78 Å². The molecule has 0 bridgehead atoms. The summed E-state index contributed by atoms with van der Waals surface area (Å²) in [5, 5.41) is 0. The molecule has 1 aromatic rings. The Morgan fingerprint density at radius 3 is 2.58 bits per heavy atom. The second-order valence-electron chi connectivity index (χ2n) is 2.78. The van der Waals surface area contributed by atoms with Gasteiger partial charge in [0.25, 0.3) is 0 Å². The summed E-state index contributed by atoms with van der Waals surface area (Å²) < 4.78 is 1.24. The average Bonchev–Trinajstić information content (AvgIpc) is 2.29. The van der Waals surface area contributed by atoms with Gasteiger partial charge in [-0.2, -0.15) is 0 Å². The molecule has 2 rings (SSSR count). The number of fused-ring (bicyclic) bond motifs is 1. The molecule has 0 fully saturated rings. The van der Waals surface area contributed by atoms with Crippen molar-refractivity contribution in [2.24, 2.45) is 0 Å². The lowest BCUT2D eigenvalue weighted by Gasteiger charge is -2.09. The molecule has 0 amide bonds. The zero-order chi connectivity index (χ0) is 8.72. The summed E-state index contributed by atoms with van der Waals surface area (Å²) in [5.74, 6) is 0.143. The van der Waals surface area contributed by atoms with Gasteiger partial charge in [0.1, 0.15) is 4.34 Å². The van der Waals surface area contributed by atoms with Crippen molar-refractivity contribution in [3.8, 4) is 0 Å². The van der Waals surface area contributed by atoms with Crippen LogP contribution in [0.5, 0.6) is 0 Å². The number of rotatable bonds is 0. The second kappa shape index (κ2) is 3.02. The van der Waals surface area contributed by atoms with Gasteiger partial charge in [-0.05, 0) is 18.4 Å². The Morgan fingerprint density at radius 2 is 1.92 bits per heavy atom. The summed E-state index contributed by atoms with van der Waals surface area (Å²) in [4.78, 5) is 11.4. The van der Waals surface area contributed by atoms with E-state index in [1.807, 2.05) is 0 Å². The van der Waals surface area contributed by atoms with Gasteiger partial charge in [0.15, 0.2) is 5.78 Å². The quantitative estimate of drug-likeness (QED) is 0.654. The maximum Gasteiger partial charge on any atom is 0.165 e. The maximum absolute atomic E-state index is 11.4. The SMILES string of the molecule is O=C1CCCc2c(Cl)sc(Cl)c21. The number of carbonyl (C=O) groups excluding carboxylic acids is 1. The third-order valence-electron chi connectivity index (χ3n) is 2.02. The lowest BCUT2D eigenvalue weighted by atomic mass is 9.95. The molecule has 0 radical (unpaired) electrons. The highest BCUT2D eigenvalue weighted by atomic mass is 35.5. The molecule has 0 saturated heterocycles. The molecule has 1 aliphatic rings. The molecule has 1 aromatic heterocycles. The first-order valence-corrected chi connectivity index (χ1v) is 5.27. The third-order valence-corrected chi connectivity index (χ3v) is 3.71. The molecule has 1 nitrogen and oxygen atoms in total. The van der Waals surface area contributed by atoms with Gasteiger partial charge in [-0.25, -0.2) is 0 Å². The molecule has 0 saturated carbocycles. The van der Waals surface area contributed by atoms with Crippen molar-refractivity contribution in [1.82, 2.24) is 0 Å². The van der Waals surface area contributed by atoms with Crippen molar-refractivity contribution in [2.45, 2.75) is 19.3 Å². The van der Waals surface area contributed by atoms with Crippen LogP contribution in [0.3, 0.4) is 0 Å². The van der Waals surface area contributed by atoms with E-state index in [0.717, 1.165) is 18.4 Å². The van der Waals surface area contributed by atoms with Crippen molar-refractivity contribution >= 4 is 40.3 Å². The summed E-state index contributed by atoms with van der Waals surface area (Å²) in [6.45, 7) is 0. The van der Waals surface area contributed by atoms with Crippen LogP contribution in [0, 0.1) is 0 Å². The average molecular weight is 221 g/mol. The highest BCUT2D eigenvalue weighted by molar-refractivity contribution is 7.20. The van der Waals surface area contributed by atoms with E-state index in [1.54, 1.807) is 0 Å². The molecular weight excluding hydrogens is 215 g/mol. The van der Waals surface area contributed by atoms with Gasteiger partial charge >= 0.3 is 0 Å². The minimum Gasteiger partial charge on any atom is -0.294 e. The highest BCUT2D eigenvalue weighted by Gasteiger charge is 2.24. The van der Waals surface area contributed by atoms with Gasteiger partial charge in [0.2, 0.25) is 0 Å². The topological polar surface area (TPSA) is 17.1 Å². The molecule has 0 unspecified atom stereocenters. The maximum atomic E-state index is 11.4. The zero-order valence-corrected chi connectivity index (χ0v) is 8.52. The van der Waals surface area contributed by atoms with E-state index in [-0.39, 0.29) is 5.78 Å². The van der Waals surface area contributed by atoms with Crippen LogP contribution >= 0.6 is 34.5 Å². The number of carbonyl (C=O) groups is 1. The van der Waals surface area contributed by atoms with E-state index in [0.29, 0.717) is 20.7 Å². The van der Waals surface area contributed by atoms with E-state index in [4.69, 9.17) is 23.2 Å². The van der Waals surface area contributed by atoms with Crippen molar-refractivity contribution in [3.63, 3.8) is 0 Å². The van der Waals surface area contributed by atoms with E-state index in [1.165, 1.54) is 11.3 Å². The number of hydrogen-bond donors (Lipinski definition) is 0. The first kappa shape index (κ1) is 8.54. The molecular formula is C8H6Cl2OS. The molecule has 0 atom stereocenters. The highest BCUT2D eigenvalue weighted by Crippen LogP contribution is 2.40. The van der Waals surface area contributed by atoms with Crippen LogP contribution in [0.4, 0.5) is 0 Å².